The van der Waals surface area contributed by atoms with Crippen LogP contribution in [0.1, 0.15) is 36.8 Å². The molecule has 1 aliphatic heterocycles. The van der Waals surface area contributed by atoms with Crippen molar-refractivity contribution in [1.29, 1.82) is 0 Å². The summed E-state index contributed by atoms with van der Waals surface area (Å²) in [6.07, 6.45) is 1.16. The lowest BCUT2D eigenvalue weighted by Crippen LogP contribution is -2.31. The van der Waals surface area contributed by atoms with Crippen LogP contribution < -0.4 is 10.9 Å². The molecular formula is C16H16ClN3O2S. The van der Waals surface area contributed by atoms with E-state index in [-0.39, 0.29) is 23.8 Å². The number of carbonyl (C=O) groups excluding carboxylic acids is 1. The van der Waals surface area contributed by atoms with Crippen molar-refractivity contribution in [2.24, 2.45) is 0 Å². The number of carbonyl (C=O) groups is 1. The van der Waals surface area contributed by atoms with Gasteiger partial charge in [0.25, 0.3) is 5.56 Å². The van der Waals surface area contributed by atoms with Gasteiger partial charge in [0.2, 0.25) is 5.91 Å². The minimum absolute atomic E-state index is 0.160. The average Bonchev–Trinajstić information content (AvgIpc) is 2.52. The molecule has 1 aromatic heterocycles. The normalized spacial score (nSPS) is 16.8. The number of rotatable bonds is 4. The van der Waals surface area contributed by atoms with Crippen LogP contribution in [0.5, 0.6) is 0 Å². The van der Waals surface area contributed by atoms with E-state index in [0.29, 0.717) is 21.6 Å². The fraction of sp³-hybridized carbons (Fsp3) is 0.312. The Morgan fingerprint density at radius 3 is 2.87 bits per heavy atom. The highest BCUT2D eigenvalue weighted by Crippen LogP contribution is 2.37. The van der Waals surface area contributed by atoms with Crippen molar-refractivity contribution in [3.63, 3.8) is 0 Å². The number of anilines is 1. The quantitative estimate of drug-likeness (QED) is 0.655. The SMILES string of the molecule is CCCSc1nc2c(c(=O)[nH]1)[C@H](c1ccccc1Cl)CC(=O)N2. The number of H-pyrrole nitrogens is 1. The Morgan fingerprint density at radius 1 is 1.35 bits per heavy atom. The van der Waals surface area contributed by atoms with E-state index in [9.17, 15) is 9.59 Å². The monoisotopic (exact) mass is 349 g/mol. The van der Waals surface area contributed by atoms with Gasteiger partial charge in [-0.2, -0.15) is 0 Å². The Bertz CT molecular complexity index is 806. The Balaban J connectivity index is 2.09. The molecule has 1 amide bonds. The predicted molar refractivity (Wildman–Crippen MR) is 92.4 cm³/mol. The molecule has 1 atom stereocenters. The third kappa shape index (κ3) is 3.28. The predicted octanol–water partition coefficient (Wildman–Crippen LogP) is 3.40. The second kappa shape index (κ2) is 6.76. The van der Waals surface area contributed by atoms with Crippen LogP contribution in [0.4, 0.5) is 5.82 Å². The maximum atomic E-state index is 12.5. The number of amides is 1. The molecule has 0 fully saturated rings. The van der Waals surface area contributed by atoms with Crippen molar-refractivity contribution in [3.05, 3.63) is 50.8 Å². The zero-order chi connectivity index (χ0) is 16.4. The highest BCUT2D eigenvalue weighted by Gasteiger charge is 2.31. The zero-order valence-corrected chi connectivity index (χ0v) is 14.1. The maximum absolute atomic E-state index is 12.5. The number of halogens is 1. The van der Waals surface area contributed by atoms with Crippen LogP contribution in [0.2, 0.25) is 5.02 Å². The van der Waals surface area contributed by atoms with Gasteiger partial charge in [-0.3, -0.25) is 9.59 Å². The molecule has 3 rings (SSSR count). The lowest BCUT2D eigenvalue weighted by molar-refractivity contribution is -0.116. The summed E-state index contributed by atoms with van der Waals surface area (Å²) in [5, 5.41) is 3.78. The first-order valence-corrected chi connectivity index (χ1v) is 8.77. The molecule has 2 aromatic rings. The molecule has 0 aliphatic carbocycles. The van der Waals surface area contributed by atoms with Gasteiger partial charge in [-0.25, -0.2) is 4.98 Å². The van der Waals surface area contributed by atoms with Gasteiger partial charge in [0.1, 0.15) is 5.82 Å². The van der Waals surface area contributed by atoms with Crippen LogP contribution in [0.3, 0.4) is 0 Å². The Hall–Kier alpha value is -1.79. The minimum Gasteiger partial charge on any atom is -0.310 e. The smallest absolute Gasteiger partial charge is 0.257 e. The summed E-state index contributed by atoms with van der Waals surface area (Å²) >= 11 is 7.72. The number of hydrogen-bond acceptors (Lipinski definition) is 4. The summed E-state index contributed by atoms with van der Waals surface area (Å²) in [6, 6.07) is 7.27. The lowest BCUT2D eigenvalue weighted by atomic mass is 9.87. The van der Waals surface area contributed by atoms with E-state index in [1.165, 1.54) is 11.8 Å². The summed E-state index contributed by atoms with van der Waals surface area (Å²) in [7, 11) is 0. The number of fused-ring (bicyclic) bond motifs is 1. The fourth-order valence-electron chi connectivity index (χ4n) is 2.64. The number of nitrogens with one attached hydrogen (secondary N) is 2. The van der Waals surface area contributed by atoms with E-state index < -0.39 is 0 Å². The summed E-state index contributed by atoms with van der Waals surface area (Å²) in [4.78, 5) is 31.8. The largest absolute Gasteiger partial charge is 0.310 e. The van der Waals surface area contributed by atoms with Gasteiger partial charge in [-0.1, -0.05) is 48.5 Å². The topological polar surface area (TPSA) is 74.8 Å². The molecule has 2 N–H and O–H groups in total. The van der Waals surface area contributed by atoms with E-state index in [0.717, 1.165) is 17.7 Å². The molecule has 120 valence electrons. The van der Waals surface area contributed by atoms with Crippen LogP contribution in [-0.4, -0.2) is 21.6 Å². The van der Waals surface area contributed by atoms with Crippen molar-refractivity contribution >= 4 is 35.1 Å². The molecule has 23 heavy (non-hydrogen) atoms. The summed E-state index contributed by atoms with van der Waals surface area (Å²) < 4.78 is 0. The van der Waals surface area contributed by atoms with E-state index in [1.54, 1.807) is 6.07 Å². The van der Waals surface area contributed by atoms with Crippen molar-refractivity contribution in [2.45, 2.75) is 30.8 Å². The second-order valence-corrected chi connectivity index (χ2v) is 6.80. The number of thioether (sulfide) groups is 1. The number of benzene rings is 1. The van der Waals surface area contributed by atoms with E-state index >= 15 is 0 Å². The molecule has 0 spiro atoms. The van der Waals surface area contributed by atoms with Gasteiger partial charge >= 0.3 is 0 Å². The molecule has 0 unspecified atom stereocenters. The standard InChI is InChI=1S/C16H16ClN3O2S/c1-2-7-23-16-19-14-13(15(22)20-16)10(8-12(21)18-14)9-5-3-4-6-11(9)17/h3-6,10H,2,7-8H2,1H3,(H2,18,19,20,21,22)/t10-/m0/s1. The van der Waals surface area contributed by atoms with Gasteiger partial charge in [0.05, 0.1) is 5.56 Å². The van der Waals surface area contributed by atoms with E-state index in [1.807, 2.05) is 18.2 Å². The van der Waals surface area contributed by atoms with Gasteiger partial charge < -0.3 is 10.3 Å². The van der Waals surface area contributed by atoms with Crippen molar-refractivity contribution in [2.75, 3.05) is 11.1 Å². The van der Waals surface area contributed by atoms with Crippen molar-refractivity contribution in [1.82, 2.24) is 9.97 Å². The third-order valence-electron chi connectivity index (χ3n) is 3.65. The van der Waals surface area contributed by atoms with E-state index in [4.69, 9.17) is 11.6 Å². The van der Waals surface area contributed by atoms with Gasteiger partial charge in [-0.05, 0) is 18.1 Å². The summed E-state index contributed by atoms with van der Waals surface area (Å²) in [6.45, 7) is 2.05. The first-order valence-electron chi connectivity index (χ1n) is 7.41. The van der Waals surface area contributed by atoms with Crippen molar-refractivity contribution in [3.8, 4) is 0 Å². The molecule has 7 heteroatoms. The number of hydrogen-bond donors (Lipinski definition) is 2. The Morgan fingerprint density at radius 2 is 2.13 bits per heavy atom. The lowest BCUT2D eigenvalue weighted by Gasteiger charge is -2.25. The minimum atomic E-state index is -0.381. The fourth-order valence-corrected chi connectivity index (χ4v) is 3.63. The zero-order valence-electron chi connectivity index (χ0n) is 12.6. The molecule has 5 nitrogen and oxygen atoms in total. The highest BCUT2D eigenvalue weighted by atomic mass is 35.5. The molecule has 0 saturated heterocycles. The molecule has 1 aliphatic rings. The first kappa shape index (κ1) is 16.1. The number of nitrogens with zero attached hydrogens (tertiary/aromatic N) is 1. The van der Waals surface area contributed by atoms with Crippen LogP contribution in [0.25, 0.3) is 0 Å². The highest BCUT2D eigenvalue weighted by molar-refractivity contribution is 7.99. The molecule has 0 saturated carbocycles. The summed E-state index contributed by atoms with van der Waals surface area (Å²) in [5.41, 5.74) is 1.02. The molecule has 1 aromatic carbocycles. The molecule has 2 heterocycles. The van der Waals surface area contributed by atoms with Crippen LogP contribution >= 0.6 is 23.4 Å². The van der Waals surface area contributed by atoms with Gasteiger partial charge in [0, 0.05) is 23.1 Å². The van der Waals surface area contributed by atoms with Gasteiger partial charge in [0.15, 0.2) is 5.16 Å². The summed E-state index contributed by atoms with van der Waals surface area (Å²) in [5.74, 6) is 0.651. The van der Waals surface area contributed by atoms with Crippen LogP contribution in [0.15, 0.2) is 34.2 Å². The second-order valence-electron chi connectivity index (χ2n) is 5.31. The molecular weight excluding hydrogens is 334 g/mol. The molecule has 0 bridgehead atoms. The Kier molecular flexibility index (Phi) is 4.73. The van der Waals surface area contributed by atoms with Crippen LogP contribution in [-0.2, 0) is 4.79 Å². The van der Waals surface area contributed by atoms with Crippen LogP contribution in [0, 0.1) is 0 Å². The first-order chi connectivity index (χ1) is 11.1. The third-order valence-corrected chi connectivity index (χ3v) is 5.08. The Labute approximate surface area is 142 Å². The van der Waals surface area contributed by atoms with Crippen molar-refractivity contribution < 1.29 is 4.79 Å². The van der Waals surface area contributed by atoms with E-state index in [2.05, 4.69) is 22.2 Å². The maximum Gasteiger partial charge on any atom is 0.257 e. The number of aromatic nitrogens is 2. The molecule has 0 radical (unpaired) electrons. The van der Waals surface area contributed by atoms with Gasteiger partial charge in [-0.15, -0.1) is 0 Å². The average molecular weight is 350 g/mol. The number of aromatic amines is 1.